The van der Waals surface area contributed by atoms with Crippen molar-refractivity contribution in [2.75, 3.05) is 0 Å². The molecule has 0 bridgehead atoms. The SMILES string of the molecule is C1=CC2CC2(n2c3ccccc3c3c4c(ccc32)c2ccccc2n4-c2cccc(-c3cccc(-c4ccccc4)c3)n2)N=C1c1cccc(-c2ccccc2)c1. The number of dihydropyridines is 1. The Balaban J connectivity index is 1.06. The van der Waals surface area contributed by atoms with Crippen LogP contribution in [0.5, 0.6) is 0 Å². The summed E-state index contributed by atoms with van der Waals surface area (Å²) < 4.78 is 4.94. The molecule has 2 unspecified atom stereocenters. The lowest BCUT2D eigenvalue weighted by atomic mass is 9.99. The molecule has 1 aliphatic carbocycles. The van der Waals surface area contributed by atoms with Gasteiger partial charge in [0.25, 0.3) is 0 Å². The lowest BCUT2D eigenvalue weighted by Crippen LogP contribution is -2.21. The predicted molar refractivity (Wildman–Crippen MR) is 236 cm³/mol. The van der Waals surface area contributed by atoms with E-state index in [9.17, 15) is 0 Å². The lowest BCUT2D eigenvalue weighted by Gasteiger charge is -2.22. The Bertz CT molecular complexity index is 3280. The van der Waals surface area contributed by atoms with Crippen molar-refractivity contribution in [3.8, 4) is 39.3 Å². The van der Waals surface area contributed by atoms with Crippen LogP contribution in [0.4, 0.5) is 0 Å². The first kappa shape index (κ1) is 32.0. The minimum absolute atomic E-state index is 0.323. The first-order valence-corrected chi connectivity index (χ1v) is 19.8. The molecule has 268 valence electrons. The van der Waals surface area contributed by atoms with Crippen molar-refractivity contribution in [2.45, 2.75) is 12.1 Å². The molecule has 0 amide bonds. The van der Waals surface area contributed by atoms with Crippen LogP contribution in [0.3, 0.4) is 0 Å². The molecular weight excluding hydrogens is 693 g/mol. The molecule has 4 heterocycles. The van der Waals surface area contributed by atoms with Gasteiger partial charge in [-0.05, 0) is 70.8 Å². The Morgan fingerprint density at radius 1 is 0.474 bits per heavy atom. The number of fused-ring (bicyclic) bond motifs is 8. The highest BCUT2D eigenvalue weighted by Crippen LogP contribution is 2.58. The summed E-state index contributed by atoms with van der Waals surface area (Å²) in [4.78, 5) is 11.1. The number of allylic oxidation sites excluding steroid dienone is 1. The number of hydrogen-bond acceptors (Lipinski definition) is 2. The summed E-state index contributed by atoms with van der Waals surface area (Å²) in [6.07, 6.45) is 5.58. The number of aromatic nitrogens is 3. The van der Waals surface area contributed by atoms with Crippen LogP contribution in [0.15, 0.2) is 205 Å². The Kier molecular flexibility index (Phi) is 6.93. The maximum atomic E-state index is 5.69. The summed E-state index contributed by atoms with van der Waals surface area (Å²) in [5.74, 6) is 1.22. The van der Waals surface area contributed by atoms with E-state index >= 15 is 0 Å². The van der Waals surface area contributed by atoms with E-state index < -0.39 is 5.66 Å². The highest BCUT2D eigenvalue weighted by atomic mass is 15.3. The largest absolute Gasteiger partial charge is 0.314 e. The van der Waals surface area contributed by atoms with Crippen LogP contribution in [0.1, 0.15) is 12.0 Å². The normalized spacial score (nSPS) is 17.3. The second kappa shape index (κ2) is 12.4. The fraction of sp³-hybridized carbons (Fsp3) is 0.0566. The molecular formula is C53H36N4. The van der Waals surface area contributed by atoms with Gasteiger partial charge in [0, 0.05) is 45.0 Å². The third kappa shape index (κ3) is 4.94. The number of hydrogen-bond donors (Lipinski definition) is 0. The van der Waals surface area contributed by atoms with Gasteiger partial charge < -0.3 is 4.57 Å². The van der Waals surface area contributed by atoms with Crippen molar-refractivity contribution in [2.24, 2.45) is 10.9 Å². The number of para-hydroxylation sites is 2. The van der Waals surface area contributed by atoms with Gasteiger partial charge in [-0.3, -0.25) is 9.56 Å². The summed E-state index contributed by atoms with van der Waals surface area (Å²) in [7, 11) is 0. The summed E-state index contributed by atoms with van der Waals surface area (Å²) in [5, 5.41) is 4.89. The molecule has 3 aromatic heterocycles. The molecule has 4 nitrogen and oxygen atoms in total. The van der Waals surface area contributed by atoms with Gasteiger partial charge >= 0.3 is 0 Å². The fourth-order valence-corrected chi connectivity index (χ4v) is 9.39. The lowest BCUT2D eigenvalue weighted by molar-refractivity contribution is 0.509. The molecule has 1 saturated carbocycles. The van der Waals surface area contributed by atoms with Crippen LogP contribution in [-0.2, 0) is 5.66 Å². The molecule has 0 N–H and O–H groups in total. The molecule has 0 saturated heterocycles. The van der Waals surface area contributed by atoms with Gasteiger partial charge in [-0.25, -0.2) is 4.98 Å². The van der Waals surface area contributed by atoms with Gasteiger partial charge in [0.1, 0.15) is 11.5 Å². The average molecular weight is 729 g/mol. The van der Waals surface area contributed by atoms with Crippen LogP contribution in [-0.4, -0.2) is 19.8 Å². The monoisotopic (exact) mass is 728 g/mol. The minimum Gasteiger partial charge on any atom is -0.314 e. The Labute approximate surface area is 330 Å². The number of benzene rings is 7. The van der Waals surface area contributed by atoms with Crippen molar-refractivity contribution in [3.63, 3.8) is 0 Å². The van der Waals surface area contributed by atoms with E-state index in [4.69, 9.17) is 9.98 Å². The smallest absolute Gasteiger partial charge is 0.144 e. The van der Waals surface area contributed by atoms with Crippen molar-refractivity contribution in [3.05, 3.63) is 206 Å². The zero-order chi connectivity index (χ0) is 37.5. The highest BCUT2D eigenvalue weighted by molar-refractivity contribution is 6.26. The van der Waals surface area contributed by atoms with Crippen LogP contribution in [0.2, 0.25) is 0 Å². The molecule has 1 aliphatic heterocycles. The average Bonchev–Trinajstić information content (AvgIpc) is 3.78. The molecule has 2 aliphatic rings. The molecule has 10 aromatic rings. The van der Waals surface area contributed by atoms with Gasteiger partial charge in [-0.15, -0.1) is 0 Å². The van der Waals surface area contributed by atoms with E-state index in [2.05, 4.69) is 209 Å². The van der Waals surface area contributed by atoms with Crippen LogP contribution in [0, 0.1) is 5.92 Å². The Morgan fingerprint density at radius 2 is 1.09 bits per heavy atom. The Hall–Kier alpha value is -7.30. The minimum atomic E-state index is -0.402. The first-order chi connectivity index (χ1) is 28.2. The van der Waals surface area contributed by atoms with Crippen molar-refractivity contribution in [1.82, 2.24) is 14.1 Å². The number of rotatable bonds is 6. The third-order valence-electron chi connectivity index (χ3n) is 12.1. The zero-order valence-electron chi connectivity index (χ0n) is 31.1. The standard InChI is InChI=1S/C53H36N4/c1-3-14-35(15-4-1)37-18-11-20-39(32-37)45-24-13-27-50(54-45)56-47-25-9-7-22-42(47)43-29-31-49-51(52(43)56)44-23-8-10-26-48(44)57(49)53-34-41(53)28-30-46(55-53)40-21-12-19-38(33-40)36-16-5-2-6-17-36/h1-33,41H,34H2. The second-order valence-electron chi connectivity index (χ2n) is 15.4. The molecule has 0 radical (unpaired) electrons. The van der Waals surface area contributed by atoms with Gasteiger partial charge in [-0.2, -0.15) is 0 Å². The van der Waals surface area contributed by atoms with E-state index in [1.54, 1.807) is 0 Å². The third-order valence-corrected chi connectivity index (χ3v) is 12.1. The van der Waals surface area contributed by atoms with Crippen LogP contribution in [0.25, 0.3) is 82.9 Å². The molecule has 1 fully saturated rings. The highest BCUT2D eigenvalue weighted by Gasteiger charge is 2.57. The molecule has 57 heavy (non-hydrogen) atoms. The van der Waals surface area contributed by atoms with E-state index in [1.807, 2.05) is 0 Å². The quantitative estimate of drug-likeness (QED) is 0.168. The zero-order valence-corrected chi connectivity index (χ0v) is 31.1. The number of nitrogens with zero attached hydrogens (tertiary/aromatic N) is 4. The summed E-state index contributed by atoms with van der Waals surface area (Å²) in [5.41, 5.74) is 13.3. The van der Waals surface area contributed by atoms with Crippen LogP contribution >= 0.6 is 0 Å². The van der Waals surface area contributed by atoms with Gasteiger partial charge in [0.05, 0.1) is 33.5 Å². The topological polar surface area (TPSA) is 35.1 Å². The van der Waals surface area contributed by atoms with Gasteiger partial charge in [-0.1, -0.05) is 152 Å². The van der Waals surface area contributed by atoms with Crippen molar-refractivity contribution in [1.29, 1.82) is 0 Å². The van der Waals surface area contributed by atoms with Gasteiger partial charge in [0.2, 0.25) is 0 Å². The van der Waals surface area contributed by atoms with Gasteiger partial charge in [0.15, 0.2) is 0 Å². The maximum absolute atomic E-state index is 5.69. The maximum Gasteiger partial charge on any atom is 0.144 e. The fourth-order valence-electron chi connectivity index (χ4n) is 9.39. The van der Waals surface area contributed by atoms with Crippen LogP contribution < -0.4 is 0 Å². The van der Waals surface area contributed by atoms with Crippen molar-refractivity contribution >= 4 is 49.3 Å². The number of aliphatic imine (C=N–C) groups is 1. The second-order valence-corrected chi connectivity index (χ2v) is 15.4. The van der Waals surface area contributed by atoms with E-state index in [0.717, 1.165) is 40.3 Å². The number of pyridine rings is 1. The van der Waals surface area contributed by atoms with E-state index in [0.29, 0.717) is 5.92 Å². The first-order valence-electron chi connectivity index (χ1n) is 19.8. The summed E-state index contributed by atoms with van der Waals surface area (Å²) in [6, 6.07) is 67.4. The van der Waals surface area contributed by atoms with E-state index in [-0.39, 0.29) is 0 Å². The Morgan fingerprint density at radius 3 is 1.86 bits per heavy atom. The molecule has 0 spiro atoms. The summed E-state index contributed by atoms with van der Waals surface area (Å²) in [6.45, 7) is 0. The molecule has 12 rings (SSSR count). The molecule has 2 atom stereocenters. The van der Waals surface area contributed by atoms with Crippen molar-refractivity contribution < 1.29 is 0 Å². The predicted octanol–water partition coefficient (Wildman–Crippen LogP) is 13.0. The summed E-state index contributed by atoms with van der Waals surface area (Å²) >= 11 is 0. The molecule has 7 aromatic carbocycles. The van der Waals surface area contributed by atoms with E-state index in [1.165, 1.54) is 60.3 Å². The molecule has 4 heteroatoms.